The molecule has 2 aromatic carbocycles. The van der Waals surface area contributed by atoms with Gasteiger partial charge in [0.25, 0.3) is 5.91 Å². The van der Waals surface area contributed by atoms with Gasteiger partial charge in [0.2, 0.25) is 0 Å². The van der Waals surface area contributed by atoms with Crippen LogP contribution in [0, 0.1) is 0 Å². The summed E-state index contributed by atoms with van der Waals surface area (Å²) < 4.78 is 5.25. The molecule has 5 heteroatoms. The average Bonchev–Trinajstić information content (AvgIpc) is 3.16. The van der Waals surface area contributed by atoms with Crippen molar-refractivity contribution in [1.82, 2.24) is 15.5 Å². The number of benzene rings is 2. The minimum atomic E-state index is -0.162. The lowest BCUT2D eigenvalue weighted by Gasteiger charge is -2.09. The maximum Gasteiger partial charge on any atom is 0.255 e. The predicted molar refractivity (Wildman–Crippen MR) is 102 cm³/mol. The van der Waals surface area contributed by atoms with Gasteiger partial charge in [-0.05, 0) is 29.2 Å². The van der Waals surface area contributed by atoms with Crippen LogP contribution in [0.2, 0.25) is 0 Å². The zero-order valence-corrected chi connectivity index (χ0v) is 15.2. The highest BCUT2D eigenvalue weighted by molar-refractivity contribution is 5.99. The summed E-state index contributed by atoms with van der Waals surface area (Å²) in [6, 6.07) is 15.8. The number of nitrogens with zero attached hydrogens (tertiary/aromatic N) is 1. The number of aromatic nitrogens is 2. The fourth-order valence-electron chi connectivity index (χ4n) is 2.75. The van der Waals surface area contributed by atoms with Crippen LogP contribution in [0.4, 0.5) is 0 Å². The maximum absolute atomic E-state index is 12.6. The highest BCUT2D eigenvalue weighted by atomic mass is 16.5. The van der Waals surface area contributed by atoms with Crippen molar-refractivity contribution in [2.75, 3.05) is 7.11 Å². The van der Waals surface area contributed by atoms with E-state index < -0.39 is 0 Å². The Bertz CT molecular complexity index is 882. The second kappa shape index (κ2) is 7.87. The Hall–Kier alpha value is -3.08. The highest BCUT2D eigenvalue weighted by Gasteiger charge is 2.15. The van der Waals surface area contributed by atoms with Crippen molar-refractivity contribution in [1.29, 1.82) is 0 Å². The molecule has 0 saturated heterocycles. The Morgan fingerprint density at radius 3 is 2.65 bits per heavy atom. The fraction of sp³-hybridized carbons (Fsp3) is 0.238. The van der Waals surface area contributed by atoms with Crippen molar-refractivity contribution in [3.8, 4) is 17.0 Å². The molecule has 0 atom stereocenters. The molecular weight excluding hydrogens is 326 g/mol. The van der Waals surface area contributed by atoms with E-state index in [4.69, 9.17) is 4.74 Å². The molecule has 1 amide bonds. The SMILES string of the molecule is COc1cccc(-c2[nH]ncc2C(=O)NCc2ccc(C(C)C)cc2)c1. The number of rotatable bonds is 6. The molecule has 0 aliphatic rings. The minimum absolute atomic E-state index is 0.162. The molecule has 0 aliphatic carbocycles. The maximum atomic E-state index is 12.6. The van der Waals surface area contributed by atoms with Crippen LogP contribution in [0.25, 0.3) is 11.3 Å². The minimum Gasteiger partial charge on any atom is -0.497 e. The van der Waals surface area contributed by atoms with E-state index in [1.807, 2.05) is 36.4 Å². The van der Waals surface area contributed by atoms with Gasteiger partial charge in [-0.1, -0.05) is 50.2 Å². The predicted octanol–water partition coefficient (Wildman–Crippen LogP) is 4.14. The molecule has 0 unspecified atom stereocenters. The molecule has 0 radical (unpaired) electrons. The number of ether oxygens (including phenoxy) is 1. The van der Waals surface area contributed by atoms with Gasteiger partial charge in [-0.25, -0.2) is 0 Å². The molecule has 2 N–H and O–H groups in total. The molecule has 0 saturated carbocycles. The number of carbonyl (C=O) groups excluding carboxylic acids is 1. The number of hydrogen-bond acceptors (Lipinski definition) is 3. The molecule has 0 spiro atoms. The first kappa shape index (κ1) is 17.7. The van der Waals surface area contributed by atoms with E-state index >= 15 is 0 Å². The highest BCUT2D eigenvalue weighted by Crippen LogP contribution is 2.25. The van der Waals surface area contributed by atoms with Crippen LogP contribution in [-0.2, 0) is 6.54 Å². The molecule has 0 aliphatic heterocycles. The molecular formula is C21H23N3O2. The standard InChI is InChI=1S/C21H23N3O2/c1-14(2)16-9-7-15(8-10-16)12-22-21(25)19-13-23-24-20(19)17-5-4-6-18(11-17)26-3/h4-11,13-14H,12H2,1-3H3,(H,22,25)(H,23,24). The van der Waals surface area contributed by atoms with Crippen LogP contribution in [0.3, 0.4) is 0 Å². The van der Waals surface area contributed by atoms with E-state index in [0.717, 1.165) is 16.9 Å². The smallest absolute Gasteiger partial charge is 0.255 e. The van der Waals surface area contributed by atoms with Gasteiger partial charge in [0.1, 0.15) is 5.75 Å². The molecule has 1 aromatic heterocycles. The van der Waals surface area contributed by atoms with Gasteiger partial charge in [0.05, 0.1) is 24.6 Å². The summed E-state index contributed by atoms with van der Waals surface area (Å²) in [5.41, 5.74) is 4.39. The summed E-state index contributed by atoms with van der Waals surface area (Å²) in [6.07, 6.45) is 1.55. The number of H-pyrrole nitrogens is 1. The molecule has 134 valence electrons. The van der Waals surface area contributed by atoms with E-state index in [2.05, 4.69) is 41.5 Å². The van der Waals surface area contributed by atoms with Gasteiger partial charge in [-0.2, -0.15) is 5.10 Å². The quantitative estimate of drug-likeness (QED) is 0.703. The number of aromatic amines is 1. The van der Waals surface area contributed by atoms with Crippen LogP contribution < -0.4 is 10.1 Å². The van der Waals surface area contributed by atoms with Crippen LogP contribution in [0.15, 0.2) is 54.7 Å². The third kappa shape index (κ3) is 3.94. The van der Waals surface area contributed by atoms with Gasteiger partial charge in [-0.15, -0.1) is 0 Å². The van der Waals surface area contributed by atoms with Crippen LogP contribution in [-0.4, -0.2) is 23.2 Å². The van der Waals surface area contributed by atoms with Crippen molar-refractivity contribution in [3.05, 3.63) is 71.4 Å². The Balaban J connectivity index is 1.72. The van der Waals surface area contributed by atoms with Crippen LogP contribution in [0.5, 0.6) is 5.75 Å². The van der Waals surface area contributed by atoms with Gasteiger partial charge >= 0.3 is 0 Å². The monoisotopic (exact) mass is 349 g/mol. The first-order valence-corrected chi connectivity index (χ1v) is 8.63. The summed E-state index contributed by atoms with van der Waals surface area (Å²) in [5.74, 6) is 1.06. The van der Waals surface area contributed by atoms with Crippen LogP contribution in [0.1, 0.15) is 41.3 Å². The summed E-state index contributed by atoms with van der Waals surface area (Å²) in [7, 11) is 1.62. The van der Waals surface area contributed by atoms with E-state index in [9.17, 15) is 4.79 Å². The third-order valence-electron chi connectivity index (χ3n) is 4.34. The Morgan fingerprint density at radius 2 is 1.96 bits per heavy atom. The molecule has 5 nitrogen and oxygen atoms in total. The summed E-state index contributed by atoms with van der Waals surface area (Å²) in [4.78, 5) is 12.6. The Kier molecular flexibility index (Phi) is 5.37. The second-order valence-electron chi connectivity index (χ2n) is 6.47. The van der Waals surface area contributed by atoms with E-state index in [1.165, 1.54) is 5.56 Å². The Labute approximate surface area is 153 Å². The van der Waals surface area contributed by atoms with Crippen LogP contribution >= 0.6 is 0 Å². The van der Waals surface area contributed by atoms with Gasteiger partial charge in [0, 0.05) is 12.1 Å². The third-order valence-corrected chi connectivity index (χ3v) is 4.34. The van der Waals surface area contributed by atoms with Crippen molar-refractivity contribution in [2.24, 2.45) is 0 Å². The molecule has 3 rings (SSSR count). The number of amides is 1. The van der Waals surface area contributed by atoms with Crippen molar-refractivity contribution in [2.45, 2.75) is 26.3 Å². The van der Waals surface area contributed by atoms with E-state index in [0.29, 0.717) is 23.7 Å². The van der Waals surface area contributed by atoms with Gasteiger partial charge in [0.15, 0.2) is 0 Å². The van der Waals surface area contributed by atoms with Crippen molar-refractivity contribution >= 4 is 5.91 Å². The largest absolute Gasteiger partial charge is 0.497 e. The summed E-state index contributed by atoms with van der Waals surface area (Å²) >= 11 is 0. The van der Waals surface area contributed by atoms with Gasteiger partial charge in [-0.3, -0.25) is 9.89 Å². The van der Waals surface area contributed by atoms with E-state index in [-0.39, 0.29) is 5.91 Å². The number of hydrogen-bond donors (Lipinski definition) is 2. The first-order chi connectivity index (χ1) is 12.6. The topological polar surface area (TPSA) is 67.0 Å². The molecule has 0 fully saturated rings. The number of nitrogens with one attached hydrogen (secondary N) is 2. The van der Waals surface area contributed by atoms with E-state index in [1.54, 1.807) is 13.3 Å². The Morgan fingerprint density at radius 1 is 1.19 bits per heavy atom. The fourth-order valence-corrected chi connectivity index (χ4v) is 2.75. The zero-order chi connectivity index (χ0) is 18.5. The molecule has 26 heavy (non-hydrogen) atoms. The normalized spacial score (nSPS) is 10.8. The molecule has 1 heterocycles. The molecule has 3 aromatic rings. The second-order valence-corrected chi connectivity index (χ2v) is 6.47. The lowest BCUT2D eigenvalue weighted by atomic mass is 10.0. The number of methoxy groups -OCH3 is 1. The lowest BCUT2D eigenvalue weighted by Crippen LogP contribution is -2.23. The number of carbonyl (C=O) groups is 1. The summed E-state index contributed by atoms with van der Waals surface area (Å²) in [6.45, 7) is 4.80. The van der Waals surface area contributed by atoms with Gasteiger partial charge < -0.3 is 10.1 Å². The summed E-state index contributed by atoms with van der Waals surface area (Å²) in [5, 5.41) is 9.90. The lowest BCUT2D eigenvalue weighted by molar-refractivity contribution is 0.0951. The molecule has 0 bridgehead atoms. The van der Waals surface area contributed by atoms with Crippen molar-refractivity contribution in [3.63, 3.8) is 0 Å². The zero-order valence-electron chi connectivity index (χ0n) is 15.2. The average molecular weight is 349 g/mol. The van der Waals surface area contributed by atoms with Crippen molar-refractivity contribution < 1.29 is 9.53 Å². The first-order valence-electron chi connectivity index (χ1n) is 8.63.